The van der Waals surface area contributed by atoms with Gasteiger partial charge in [-0.2, -0.15) is 0 Å². The Bertz CT molecular complexity index is 858. The molecule has 0 saturated carbocycles. The van der Waals surface area contributed by atoms with Crippen molar-refractivity contribution in [1.82, 2.24) is 15.7 Å². The molecule has 0 aromatic heterocycles. The largest absolute Gasteiger partial charge is 0.458 e. The number of unbranched alkanes of at least 4 members (excludes halogenated alkanes) is 1. The Balaban J connectivity index is 1.78. The fourth-order valence-corrected chi connectivity index (χ4v) is 4.08. The number of hydrogen-bond acceptors (Lipinski definition) is 14. The van der Waals surface area contributed by atoms with E-state index in [0.29, 0.717) is 37.8 Å². The number of nitrogens with zero attached hydrogens (tertiary/aromatic N) is 3. The fourth-order valence-electron chi connectivity index (χ4n) is 3.39. The summed E-state index contributed by atoms with van der Waals surface area (Å²) in [5.74, 6) is -0.982. The Morgan fingerprint density at radius 2 is 1.83 bits per heavy atom. The highest BCUT2D eigenvalue weighted by atomic mass is 32.2. The third-order valence-electron chi connectivity index (χ3n) is 5.11. The smallest absolute Gasteiger partial charge is 0.367 e. The highest BCUT2D eigenvalue weighted by molar-refractivity contribution is 8.13. The van der Waals surface area contributed by atoms with Gasteiger partial charge in [0.05, 0.1) is 30.6 Å². The lowest BCUT2D eigenvalue weighted by Crippen LogP contribution is -2.45. The van der Waals surface area contributed by atoms with Crippen LogP contribution in [0.2, 0.25) is 0 Å². The Labute approximate surface area is 211 Å². The van der Waals surface area contributed by atoms with E-state index in [1.54, 1.807) is 25.1 Å². The molecule has 1 fully saturated rings. The van der Waals surface area contributed by atoms with Crippen molar-refractivity contribution in [3.8, 4) is 5.75 Å². The number of likely N-dealkylation sites (tertiary alicyclic amines) is 1. The third kappa shape index (κ3) is 10.7. The van der Waals surface area contributed by atoms with Crippen molar-refractivity contribution >= 4 is 28.9 Å². The van der Waals surface area contributed by atoms with E-state index < -0.39 is 28.6 Å². The van der Waals surface area contributed by atoms with Gasteiger partial charge in [0.2, 0.25) is 5.91 Å². The molecule has 1 amide bonds. The molecule has 2 rings (SSSR count). The van der Waals surface area contributed by atoms with Crippen LogP contribution in [0.5, 0.6) is 5.75 Å². The average Bonchev–Trinajstić information content (AvgIpc) is 3.33. The predicted molar refractivity (Wildman–Crippen MR) is 121 cm³/mol. The fraction of sp³-hybridized carbons (Fsp3) is 0.571. The third-order valence-corrected chi connectivity index (χ3v) is 6.13. The second kappa shape index (κ2) is 15.7. The SMILES string of the molecule is C[C@H](CSC(=O)OCCCCON(O)O)C(=O)N1CCC[C@H]1C(=O)Oc1cccc(CON(O)O)c1. The molecule has 2 atom stereocenters. The molecule has 36 heavy (non-hydrogen) atoms. The molecule has 4 N–H and O–H groups in total. The Morgan fingerprint density at radius 3 is 2.56 bits per heavy atom. The topological polar surface area (TPSA) is 179 Å². The molecule has 1 aliphatic heterocycles. The maximum atomic E-state index is 12.9. The highest BCUT2D eigenvalue weighted by Crippen LogP contribution is 2.24. The summed E-state index contributed by atoms with van der Waals surface area (Å²) in [6.45, 7) is 2.08. The molecule has 1 heterocycles. The number of benzene rings is 1. The van der Waals surface area contributed by atoms with Gasteiger partial charge in [0.1, 0.15) is 11.8 Å². The molecule has 0 spiro atoms. The van der Waals surface area contributed by atoms with Crippen molar-refractivity contribution < 1.29 is 54.4 Å². The number of thioether (sulfide) groups is 1. The number of amides is 1. The van der Waals surface area contributed by atoms with Crippen molar-refractivity contribution in [2.45, 2.75) is 45.3 Å². The molecular formula is C21H31N3O11S. The van der Waals surface area contributed by atoms with E-state index in [-0.39, 0.29) is 42.6 Å². The molecule has 0 unspecified atom stereocenters. The lowest BCUT2D eigenvalue weighted by molar-refractivity contribution is -0.497. The monoisotopic (exact) mass is 533 g/mol. The Morgan fingerprint density at radius 1 is 1.11 bits per heavy atom. The zero-order valence-electron chi connectivity index (χ0n) is 19.7. The number of hydrogen-bond donors (Lipinski definition) is 4. The van der Waals surface area contributed by atoms with Crippen LogP contribution in [0.4, 0.5) is 4.79 Å². The molecule has 15 heteroatoms. The summed E-state index contributed by atoms with van der Waals surface area (Å²) in [7, 11) is 0. The maximum Gasteiger partial charge on any atom is 0.367 e. The summed E-state index contributed by atoms with van der Waals surface area (Å²) < 4.78 is 10.5. The minimum Gasteiger partial charge on any atom is -0.458 e. The second-order valence-corrected chi connectivity index (χ2v) is 8.84. The van der Waals surface area contributed by atoms with Gasteiger partial charge in [-0.25, -0.2) is 14.4 Å². The molecule has 14 nitrogen and oxygen atoms in total. The number of carbonyl (C=O) groups excluding carboxylic acids is 3. The van der Waals surface area contributed by atoms with Crippen molar-refractivity contribution in [2.24, 2.45) is 5.92 Å². The van der Waals surface area contributed by atoms with Crippen LogP contribution >= 0.6 is 11.8 Å². The van der Waals surface area contributed by atoms with Gasteiger partial charge in [-0.15, -0.1) is 0 Å². The zero-order chi connectivity index (χ0) is 26.5. The van der Waals surface area contributed by atoms with Crippen molar-refractivity contribution in [3.63, 3.8) is 0 Å². The predicted octanol–water partition coefficient (Wildman–Crippen LogP) is 2.39. The summed E-state index contributed by atoms with van der Waals surface area (Å²) in [4.78, 5) is 48.0. The lowest BCUT2D eigenvalue weighted by Gasteiger charge is -2.26. The molecule has 0 radical (unpaired) electrons. The van der Waals surface area contributed by atoms with Crippen LogP contribution in [0.1, 0.15) is 38.2 Å². The summed E-state index contributed by atoms with van der Waals surface area (Å²) in [6, 6.07) is 5.57. The number of carbonyl (C=O) groups is 3. The van der Waals surface area contributed by atoms with Crippen LogP contribution in [-0.2, 0) is 30.6 Å². The first-order valence-corrected chi connectivity index (χ1v) is 12.2. The molecule has 1 saturated heterocycles. The second-order valence-electron chi connectivity index (χ2n) is 7.89. The van der Waals surface area contributed by atoms with E-state index >= 15 is 0 Å². The molecule has 1 aliphatic rings. The van der Waals surface area contributed by atoms with Gasteiger partial charge < -0.3 is 14.4 Å². The minimum absolute atomic E-state index is 0.0503. The zero-order valence-corrected chi connectivity index (χ0v) is 20.5. The van der Waals surface area contributed by atoms with Crippen LogP contribution in [0.3, 0.4) is 0 Å². The number of esters is 1. The van der Waals surface area contributed by atoms with Gasteiger partial charge in [-0.1, -0.05) is 19.1 Å². The quantitative estimate of drug-likeness (QED) is 0.118. The van der Waals surface area contributed by atoms with Crippen molar-refractivity contribution in [1.29, 1.82) is 0 Å². The normalized spacial score (nSPS) is 16.4. The highest BCUT2D eigenvalue weighted by Gasteiger charge is 2.37. The maximum absolute atomic E-state index is 12.9. The standard InChI is InChI=1S/C21H31N3O11S/c1-15(14-36-21(27)32-10-2-3-11-33-23(28)29)19(25)22-9-5-8-18(22)20(26)35-17-7-4-6-16(12-17)13-34-24(30)31/h4,6-7,12,15,18,28-31H,2-3,5,8-11,13-14H2,1H3/t15-,18+/m1/s1. The molecule has 0 aliphatic carbocycles. The van der Waals surface area contributed by atoms with Gasteiger partial charge in [0.15, 0.2) is 0 Å². The Hall–Kier alpha value is -2.34. The van der Waals surface area contributed by atoms with E-state index in [1.165, 1.54) is 11.0 Å². The average molecular weight is 534 g/mol. The Kier molecular flexibility index (Phi) is 13.0. The minimum atomic E-state index is -0.752. The summed E-state index contributed by atoms with van der Waals surface area (Å²) >= 11 is 0.866. The van der Waals surface area contributed by atoms with E-state index in [4.69, 9.17) is 30.3 Å². The van der Waals surface area contributed by atoms with Crippen LogP contribution in [0, 0.1) is 5.92 Å². The first kappa shape index (κ1) is 29.9. The molecule has 1 aromatic carbocycles. The van der Waals surface area contributed by atoms with Crippen LogP contribution in [0.25, 0.3) is 0 Å². The van der Waals surface area contributed by atoms with E-state index in [1.807, 2.05) is 0 Å². The number of ether oxygens (including phenoxy) is 2. The van der Waals surface area contributed by atoms with Crippen molar-refractivity contribution in [3.05, 3.63) is 29.8 Å². The van der Waals surface area contributed by atoms with Gasteiger partial charge in [0, 0.05) is 18.2 Å². The first-order chi connectivity index (χ1) is 17.2. The summed E-state index contributed by atoms with van der Waals surface area (Å²) in [6.07, 6.45) is 1.99. The number of rotatable bonds is 14. The summed E-state index contributed by atoms with van der Waals surface area (Å²) in [5.41, 5.74) is 0.528. The molecule has 0 bridgehead atoms. The van der Waals surface area contributed by atoms with Gasteiger partial charge in [-0.05, 0) is 55.1 Å². The van der Waals surface area contributed by atoms with Crippen molar-refractivity contribution in [2.75, 3.05) is 25.5 Å². The first-order valence-electron chi connectivity index (χ1n) is 11.2. The van der Waals surface area contributed by atoms with Crippen LogP contribution < -0.4 is 4.74 Å². The molecule has 1 aromatic rings. The molecule has 202 valence electrons. The lowest BCUT2D eigenvalue weighted by atomic mass is 10.1. The summed E-state index contributed by atoms with van der Waals surface area (Å²) in [5, 5.41) is 32.8. The molecular weight excluding hydrogens is 502 g/mol. The van der Waals surface area contributed by atoms with Crippen LogP contribution in [-0.4, -0.2) is 85.2 Å². The van der Waals surface area contributed by atoms with Gasteiger partial charge >= 0.3 is 11.3 Å². The van der Waals surface area contributed by atoms with E-state index in [0.717, 1.165) is 11.8 Å². The van der Waals surface area contributed by atoms with E-state index in [9.17, 15) is 14.4 Å². The van der Waals surface area contributed by atoms with E-state index in [2.05, 4.69) is 9.68 Å². The van der Waals surface area contributed by atoms with Gasteiger partial charge in [0.25, 0.3) is 0 Å². The van der Waals surface area contributed by atoms with Gasteiger partial charge in [-0.3, -0.25) is 30.5 Å². The van der Waals surface area contributed by atoms with Crippen LogP contribution in [0.15, 0.2) is 24.3 Å².